The van der Waals surface area contributed by atoms with Gasteiger partial charge in [0.15, 0.2) is 0 Å². The van der Waals surface area contributed by atoms with Gasteiger partial charge in [-0.3, -0.25) is 0 Å². The zero-order valence-corrected chi connectivity index (χ0v) is 9.90. The van der Waals surface area contributed by atoms with Crippen molar-refractivity contribution in [3.05, 3.63) is 0 Å². The van der Waals surface area contributed by atoms with E-state index in [1.165, 1.54) is 0 Å². The predicted octanol–water partition coefficient (Wildman–Crippen LogP) is 1.33. The van der Waals surface area contributed by atoms with E-state index in [2.05, 4.69) is 5.32 Å². The maximum Gasteiger partial charge on any atom is -0.00369 e. The second kappa shape index (κ2) is 29.7. The summed E-state index contributed by atoms with van der Waals surface area (Å²) in [5.41, 5.74) is 10.6. The average molecular weight is 191 g/mol. The summed E-state index contributed by atoms with van der Waals surface area (Å²) in [6, 6.07) is 0. The Hall–Kier alpha value is -0.120. The van der Waals surface area contributed by atoms with Crippen LogP contribution in [-0.2, 0) is 0 Å². The first-order chi connectivity index (χ1) is 6.41. The number of hydrogen-bond acceptors (Lipinski definition) is 3. The van der Waals surface area contributed by atoms with E-state index in [1.54, 1.807) is 0 Å². The highest BCUT2D eigenvalue weighted by atomic mass is 14.8. The topological polar surface area (TPSA) is 64.1 Å². The number of rotatable bonds is 6. The number of nitrogens with one attached hydrogen (secondary N) is 1. The molecule has 0 aliphatic carbocycles. The van der Waals surface area contributed by atoms with Crippen LogP contribution >= 0.6 is 0 Å². The normalized spacial score (nSPS) is 7.85. The Morgan fingerprint density at radius 1 is 0.769 bits per heavy atom. The number of hydrogen-bond donors (Lipinski definition) is 3. The smallest absolute Gasteiger partial charge is 0.00369 e. The third kappa shape index (κ3) is 33.5. The molecule has 0 aliphatic heterocycles. The molecule has 0 fully saturated rings. The molecular weight excluding hydrogens is 162 g/mol. The van der Waals surface area contributed by atoms with Gasteiger partial charge < -0.3 is 16.8 Å². The van der Waals surface area contributed by atoms with Crippen LogP contribution in [0.2, 0.25) is 0 Å². The lowest BCUT2D eigenvalue weighted by Gasteiger charge is -2.00. The van der Waals surface area contributed by atoms with Crippen LogP contribution in [0.5, 0.6) is 0 Å². The van der Waals surface area contributed by atoms with Crippen molar-refractivity contribution < 1.29 is 0 Å². The van der Waals surface area contributed by atoms with Gasteiger partial charge in [-0.05, 0) is 39.0 Å². The minimum Gasteiger partial charge on any atom is -0.330 e. The minimum atomic E-state index is 0.773. The lowest BCUT2D eigenvalue weighted by Crippen LogP contribution is -2.21. The van der Waals surface area contributed by atoms with Crippen LogP contribution in [-0.4, -0.2) is 26.2 Å². The molecule has 0 radical (unpaired) electrons. The summed E-state index contributed by atoms with van der Waals surface area (Å²) in [7, 11) is 0. The Morgan fingerprint density at radius 3 is 1.31 bits per heavy atom. The van der Waals surface area contributed by atoms with Crippen LogP contribution in [0.1, 0.15) is 40.5 Å². The van der Waals surface area contributed by atoms with Crippen LogP contribution in [0.4, 0.5) is 0 Å². The van der Waals surface area contributed by atoms with Crippen molar-refractivity contribution in [1.29, 1.82) is 0 Å². The molecule has 0 aromatic carbocycles. The molecule has 0 rings (SSSR count). The molecule has 0 spiro atoms. The van der Waals surface area contributed by atoms with Gasteiger partial charge >= 0.3 is 0 Å². The van der Waals surface area contributed by atoms with Crippen LogP contribution in [0.25, 0.3) is 0 Å². The Bertz CT molecular complexity index is 43.4. The second-order valence-electron chi connectivity index (χ2n) is 2.03. The quantitative estimate of drug-likeness (QED) is 0.555. The molecule has 0 bridgehead atoms. The van der Waals surface area contributed by atoms with Crippen molar-refractivity contribution in [3.8, 4) is 0 Å². The van der Waals surface area contributed by atoms with Gasteiger partial charge in [-0.2, -0.15) is 0 Å². The van der Waals surface area contributed by atoms with Gasteiger partial charge in [-0.1, -0.05) is 27.7 Å². The van der Waals surface area contributed by atoms with Crippen molar-refractivity contribution in [2.45, 2.75) is 40.5 Å². The van der Waals surface area contributed by atoms with Crippen molar-refractivity contribution in [1.82, 2.24) is 5.32 Å². The largest absolute Gasteiger partial charge is 0.330 e. The fourth-order valence-electron chi connectivity index (χ4n) is 0.579. The molecule has 5 N–H and O–H groups in total. The van der Waals surface area contributed by atoms with E-state index >= 15 is 0 Å². The maximum atomic E-state index is 5.28. The minimum absolute atomic E-state index is 0.773. The van der Waals surface area contributed by atoms with Crippen LogP contribution in [0.15, 0.2) is 0 Å². The summed E-state index contributed by atoms with van der Waals surface area (Å²) < 4.78 is 0. The van der Waals surface area contributed by atoms with Crippen molar-refractivity contribution in [2.24, 2.45) is 11.5 Å². The molecule has 0 saturated carbocycles. The first kappa shape index (κ1) is 18.6. The summed E-state index contributed by atoms with van der Waals surface area (Å²) in [6.07, 6.45) is 2.12. The zero-order valence-electron chi connectivity index (χ0n) is 9.90. The monoisotopic (exact) mass is 191 g/mol. The van der Waals surface area contributed by atoms with E-state index in [-0.39, 0.29) is 0 Å². The Kier molecular flexibility index (Phi) is 42.6. The SMILES string of the molecule is CC.CC.NCCCNCCCN. The Morgan fingerprint density at radius 2 is 1.08 bits per heavy atom. The standard InChI is InChI=1S/C6H17N3.2C2H6/c7-3-1-5-9-6-2-4-8;2*1-2/h9H,1-8H2;2*1-2H3. The molecule has 0 aromatic heterocycles. The molecule has 84 valence electrons. The van der Waals surface area contributed by atoms with Gasteiger partial charge in [0.1, 0.15) is 0 Å². The van der Waals surface area contributed by atoms with E-state index < -0.39 is 0 Å². The Balaban J connectivity index is -0.000000218. The molecule has 0 atom stereocenters. The summed E-state index contributed by atoms with van der Waals surface area (Å²) in [5.74, 6) is 0. The van der Waals surface area contributed by atoms with Crippen molar-refractivity contribution >= 4 is 0 Å². The third-order valence-corrected chi connectivity index (χ3v) is 1.12. The summed E-state index contributed by atoms with van der Waals surface area (Å²) >= 11 is 0. The van der Waals surface area contributed by atoms with E-state index in [0.717, 1.165) is 39.0 Å². The van der Waals surface area contributed by atoms with E-state index in [1.807, 2.05) is 27.7 Å². The fraction of sp³-hybridized carbons (Fsp3) is 1.00. The molecule has 0 amide bonds. The highest BCUT2D eigenvalue weighted by molar-refractivity contribution is 4.48. The van der Waals surface area contributed by atoms with Crippen LogP contribution in [0.3, 0.4) is 0 Å². The molecular formula is C10H29N3. The van der Waals surface area contributed by atoms with Crippen molar-refractivity contribution in [3.63, 3.8) is 0 Å². The maximum absolute atomic E-state index is 5.28. The summed E-state index contributed by atoms with van der Waals surface area (Å²) in [6.45, 7) is 11.6. The highest BCUT2D eigenvalue weighted by Gasteiger charge is 1.83. The lowest BCUT2D eigenvalue weighted by molar-refractivity contribution is 0.631. The molecule has 0 heterocycles. The highest BCUT2D eigenvalue weighted by Crippen LogP contribution is 1.72. The molecule has 0 unspecified atom stereocenters. The molecule has 13 heavy (non-hydrogen) atoms. The van der Waals surface area contributed by atoms with Gasteiger partial charge in [0.05, 0.1) is 0 Å². The first-order valence-electron chi connectivity index (χ1n) is 5.52. The van der Waals surface area contributed by atoms with Gasteiger partial charge in [0, 0.05) is 0 Å². The molecule has 0 saturated heterocycles. The van der Waals surface area contributed by atoms with Gasteiger partial charge in [0.25, 0.3) is 0 Å². The predicted molar refractivity (Wildman–Crippen MR) is 62.9 cm³/mol. The van der Waals surface area contributed by atoms with Gasteiger partial charge in [-0.25, -0.2) is 0 Å². The lowest BCUT2D eigenvalue weighted by atomic mass is 10.4. The van der Waals surface area contributed by atoms with Crippen molar-refractivity contribution in [2.75, 3.05) is 26.2 Å². The van der Waals surface area contributed by atoms with Gasteiger partial charge in [0.2, 0.25) is 0 Å². The molecule has 3 nitrogen and oxygen atoms in total. The van der Waals surface area contributed by atoms with Crippen LogP contribution < -0.4 is 16.8 Å². The molecule has 0 aliphatic rings. The van der Waals surface area contributed by atoms with E-state index in [9.17, 15) is 0 Å². The molecule has 0 aromatic rings. The molecule has 3 heteroatoms. The third-order valence-electron chi connectivity index (χ3n) is 1.12. The first-order valence-corrected chi connectivity index (χ1v) is 5.52. The number of nitrogens with two attached hydrogens (primary N) is 2. The van der Waals surface area contributed by atoms with Crippen LogP contribution in [0, 0.1) is 0 Å². The summed E-state index contributed by atoms with van der Waals surface area (Å²) in [4.78, 5) is 0. The second-order valence-corrected chi connectivity index (χ2v) is 2.03. The zero-order chi connectivity index (χ0) is 10.9. The van der Waals surface area contributed by atoms with E-state index in [0.29, 0.717) is 0 Å². The average Bonchev–Trinajstić information content (AvgIpc) is 2.24. The van der Waals surface area contributed by atoms with E-state index in [4.69, 9.17) is 11.5 Å². The Labute approximate surface area is 84.3 Å². The fourth-order valence-corrected chi connectivity index (χ4v) is 0.579. The van der Waals surface area contributed by atoms with Gasteiger partial charge in [-0.15, -0.1) is 0 Å². The summed E-state index contributed by atoms with van der Waals surface area (Å²) in [5, 5.41) is 3.23.